The van der Waals surface area contributed by atoms with Gasteiger partial charge in [0.05, 0.1) is 28.0 Å². The number of H-pyrrole nitrogens is 1. The zero-order chi connectivity index (χ0) is 19.1. The molecule has 1 fully saturated rings. The van der Waals surface area contributed by atoms with Crippen molar-refractivity contribution in [3.8, 4) is 10.8 Å². The van der Waals surface area contributed by atoms with Crippen molar-refractivity contribution in [2.24, 2.45) is 0 Å². The summed E-state index contributed by atoms with van der Waals surface area (Å²) in [5.41, 5.74) is 3.31. The molecule has 1 aliphatic rings. The van der Waals surface area contributed by atoms with Gasteiger partial charge in [0, 0.05) is 11.6 Å². The van der Waals surface area contributed by atoms with E-state index in [9.17, 15) is 4.79 Å². The number of nitrogens with one attached hydrogen (secondary N) is 2. The fraction of sp³-hybridized carbons (Fsp3) is 0.286. The number of hydrogen-bond acceptors (Lipinski definition) is 5. The molecule has 4 aromatic rings. The molecule has 7 heteroatoms. The Balaban J connectivity index is 1.30. The van der Waals surface area contributed by atoms with E-state index in [1.54, 1.807) is 11.3 Å². The zero-order valence-electron chi connectivity index (χ0n) is 15.5. The number of anilines is 1. The second kappa shape index (κ2) is 6.91. The van der Waals surface area contributed by atoms with Gasteiger partial charge in [0.1, 0.15) is 11.6 Å². The van der Waals surface area contributed by atoms with E-state index in [4.69, 9.17) is 4.42 Å². The zero-order valence-corrected chi connectivity index (χ0v) is 16.3. The summed E-state index contributed by atoms with van der Waals surface area (Å²) in [7, 11) is 0. The average molecular weight is 392 g/mol. The van der Waals surface area contributed by atoms with E-state index in [1.165, 1.54) is 19.3 Å². The van der Waals surface area contributed by atoms with E-state index in [0.717, 1.165) is 27.4 Å². The lowest BCUT2D eigenvalue weighted by molar-refractivity contribution is -0.115. The first kappa shape index (κ1) is 17.2. The highest BCUT2D eigenvalue weighted by Crippen LogP contribution is 2.35. The molecule has 3 heterocycles. The Morgan fingerprint density at radius 1 is 1.32 bits per heavy atom. The normalized spacial score (nSPS) is 14.3. The summed E-state index contributed by atoms with van der Waals surface area (Å²) in [6.45, 7) is 1.84. The predicted molar refractivity (Wildman–Crippen MR) is 110 cm³/mol. The number of carbonyl (C=O) groups excluding carboxylic acids is 1. The number of benzene rings is 1. The molecule has 1 aromatic carbocycles. The summed E-state index contributed by atoms with van der Waals surface area (Å²) in [6, 6.07) is 9.68. The first-order chi connectivity index (χ1) is 13.7. The van der Waals surface area contributed by atoms with Gasteiger partial charge in [-0.25, -0.2) is 9.97 Å². The van der Waals surface area contributed by atoms with Crippen LogP contribution in [-0.4, -0.2) is 20.9 Å². The van der Waals surface area contributed by atoms with Gasteiger partial charge >= 0.3 is 0 Å². The van der Waals surface area contributed by atoms with Crippen LogP contribution in [-0.2, 0) is 11.2 Å². The third kappa shape index (κ3) is 3.22. The van der Waals surface area contributed by atoms with Crippen molar-refractivity contribution in [1.82, 2.24) is 15.0 Å². The molecule has 1 saturated carbocycles. The lowest BCUT2D eigenvalue weighted by atomic mass is 9.85. The number of thiophene rings is 1. The maximum absolute atomic E-state index is 12.5. The average Bonchev–Trinajstić information content (AvgIpc) is 3.33. The fourth-order valence-electron chi connectivity index (χ4n) is 3.44. The van der Waals surface area contributed by atoms with E-state index in [2.05, 4.69) is 20.3 Å². The second-order valence-electron chi connectivity index (χ2n) is 7.21. The van der Waals surface area contributed by atoms with Crippen LogP contribution in [0.4, 0.5) is 5.69 Å². The second-order valence-corrected chi connectivity index (χ2v) is 8.15. The highest BCUT2D eigenvalue weighted by Gasteiger charge is 2.22. The number of rotatable bonds is 5. The minimum atomic E-state index is -0.118. The van der Waals surface area contributed by atoms with Gasteiger partial charge in [0.25, 0.3) is 0 Å². The molecule has 3 aromatic heterocycles. The lowest BCUT2D eigenvalue weighted by Gasteiger charge is -2.22. The number of aromatic nitrogens is 3. The summed E-state index contributed by atoms with van der Waals surface area (Å²) < 4.78 is 5.72. The van der Waals surface area contributed by atoms with Crippen LogP contribution >= 0.6 is 11.3 Å². The number of carbonyl (C=O) groups is 1. The molecule has 142 valence electrons. The maximum atomic E-state index is 12.5. The Kier molecular flexibility index (Phi) is 4.24. The van der Waals surface area contributed by atoms with E-state index in [0.29, 0.717) is 23.3 Å². The summed E-state index contributed by atoms with van der Waals surface area (Å²) in [6.07, 6.45) is 3.86. The van der Waals surface area contributed by atoms with Crippen LogP contribution in [0.2, 0.25) is 0 Å². The monoisotopic (exact) mass is 392 g/mol. The maximum Gasteiger partial charge on any atom is 0.236 e. The first-order valence-electron chi connectivity index (χ1n) is 9.45. The Labute approximate surface area is 166 Å². The number of fused-ring (bicyclic) bond motifs is 1. The number of hydrogen-bond donors (Lipinski definition) is 2. The summed E-state index contributed by atoms with van der Waals surface area (Å²) in [5, 5.41) is 4.93. The Morgan fingerprint density at radius 3 is 2.96 bits per heavy atom. The van der Waals surface area contributed by atoms with Crippen LogP contribution in [0.5, 0.6) is 0 Å². The summed E-state index contributed by atoms with van der Waals surface area (Å²) >= 11 is 1.56. The number of aromatic amines is 1. The smallest absolute Gasteiger partial charge is 0.236 e. The van der Waals surface area contributed by atoms with Crippen molar-refractivity contribution in [2.45, 2.75) is 38.5 Å². The van der Waals surface area contributed by atoms with Crippen LogP contribution in [0.1, 0.15) is 42.5 Å². The highest BCUT2D eigenvalue weighted by molar-refractivity contribution is 7.13. The van der Waals surface area contributed by atoms with Crippen molar-refractivity contribution < 1.29 is 9.21 Å². The Morgan fingerprint density at radius 2 is 2.21 bits per heavy atom. The predicted octanol–water partition coefficient (Wildman–Crippen LogP) is 5.04. The van der Waals surface area contributed by atoms with Crippen LogP contribution in [0.3, 0.4) is 0 Å². The van der Waals surface area contributed by atoms with Gasteiger partial charge < -0.3 is 14.7 Å². The number of amides is 1. The molecule has 0 radical (unpaired) electrons. The van der Waals surface area contributed by atoms with Crippen molar-refractivity contribution in [3.63, 3.8) is 0 Å². The number of imidazole rings is 1. The molecule has 0 unspecified atom stereocenters. The van der Waals surface area contributed by atoms with Gasteiger partial charge in [-0.3, -0.25) is 4.79 Å². The molecule has 5 rings (SSSR count). The topological polar surface area (TPSA) is 83.8 Å². The van der Waals surface area contributed by atoms with Crippen molar-refractivity contribution in [3.05, 3.63) is 53.0 Å². The first-order valence-corrected chi connectivity index (χ1v) is 10.3. The van der Waals surface area contributed by atoms with E-state index in [1.807, 2.05) is 42.6 Å². The van der Waals surface area contributed by atoms with Crippen LogP contribution in [0, 0.1) is 6.92 Å². The third-order valence-corrected chi connectivity index (χ3v) is 6.09. The SMILES string of the molecule is Cc1oc(-c2cccs2)nc1CC(=O)Nc1ccc2nc(C3CCC3)[nH]c2c1. The van der Waals surface area contributed by atoms with Gasteiger partial charge in [-0.05, 0) is 49.4 Å². The minimum Gasteiger partial charge on any atom is -0.440 e. The molecule has 0 saturated heterocycles. The molecule has 0 spiro atoms. The molecule has 1 aliphatic carbocycles. The minimum absolute atomic E-state index is 0.118. The molecular weight excluding hydrogens is 372 g/mol. The van der Waals surface area contributed by atoms with Gasteiger partial charge in [-0.1, -0.05) is 12.5 Å². The molecule has 0 aliphatic heterocycles. The van der Waals surface area contributed by atoms with Gasteiger partial charge in [-0.15, -0.1) is 11.3 Å². The number of oxazole rings is 1. The molecule has 0 bridgehead atoms. The van der Waals surface area contributed by atoms with E-state index in [-0.39, 0.29) is 12.3 Å². The van der Waals surface area contributed by atoms with Crippen molar-refractivity contribution in [2.75, 3.05) is 5.32 Å². The molecule has 28 heavy (non-hydrogen) atoms. The van der Waals surface area contributed by atoms with Crippen LogP contribution < -0.4 is 5.32 Å². The Hall–Kier alpha value is -2.93. The largest absolute Gasteiger partial charge is 0.440 e. The molecular formula is C21H20N4O2S. The fourth-order valence-corrected chi connectivity index (χ4v) is 4.09. The van der Waals surface area contributed by atoms with E-state index >= 15 is 0 Å². The highest BCUT2D eigenvalue weighted by atomic mass is 32.1. The van der Waals surface area contributed by atoms with Crippen molar-refractivity contribution in [1.29, 1.82) is 0 Å². The quantitative estimate of drug-likeness (QED) is 0.498. The molecule has 6 nitrogen and oxygen atoms in total. The molecule has 0 atom stereocenters. The van der Waals surface area contributed by atoms with Crippen LogP contribution in [0.25, 0.3) is 21.8 Å². The number of nitrogens with zero attached hydrogens (tertiary/aromatic N) is 2. The summed E-state index contributed by atoms with van der Waals surface area (Å²) in [4.78, 5) is 26.0. The van der Waals surface area contributed by atoms with Gasteiger partial charge in [0.15, 0.2) is 0 Å². The van der Waals surface area contributed by atoms with Gasteiger partial charge in [0.2, 0.25) is 11.8 Å². The van der Waals surface area contributed by atoms with Gasteiger partial charge in [-0.2, -0.15) is 0 Å². The molecule has 2 N–H and O–H groups in total. The third-order valence-electron chi connectivity index (χ3n) is 5.23. The van der Waals surface area contributed by atoms with Crippen molar-refractivity contribution >= 4 is 34.0 Å². The summed E-state index contributed by atoms with van der Waals surface area (Å²) in [5.74, 6) is 2.74. The Bertz CT molecular complexity index is 1140. The van der Waals surface area contributed by atoms with E-state index < -0.39 is 0 Å². The number of aryl methyl sites for hydroxylation is 1. The lowest BCUT2D eigenvalue weighted by Crippen LogP contribution is -2.15. The molecule has 1 amide bonds. The standard InChI is InChI=1S/C21H20N4O2S/c1-12-16(25-21(27-12)18-6-3-9-28-18)11-19(26)22-14-7-8-15-17(10-14)24-20(23-15)13-4-2-5-13/h3,6-10,13H,2,4-5,11H2,1H3,(H,22,26)(H,23,24). The van der Waals surface area contributed by atoms with Crippen LogP contribution in [0.15, 0.2) is 40.1 Å².